The maximum atomic E-state index is 13.4. The van der Waals surface area contributed by atoms with Crippen LogP contribution in [0.2, 0.25) is 0 Å². The van der Waals surface area contributed by atoms with Gasteiger partial charge in [-0.2, -0.15) is 8.78 Å². The molecule has 1 saturated heterocycles. The zero-order valence-electron chi connectivity index (χ0n) is 15.8. The topological polar surface area (TPSA) is 71.1 Å². The van der Waals surface area contributed by atoms with E-state index in [2.05, 4.69) is 0 Å². The van der Waals surface area contributed by atoms with E-state index in [4.69, 9.17) is 18.9 Å². The maximum Gasteiger partial charge on any atom is 0.377 e. The Morgan fingerprint density at radius 1 is 1.27 bits per heavy atom. The second kappa shape index (κ2) is 5.86. The molecule has 2 aliphatic carbocycles. The van der Waals surface area contributed by atoms with Gasteiger partial charge in [-0.15, -0.1) is 0 Å². The molecular weight excluding hydrogens is 350 g/mol. The molecule has 6 nitrogen and oxygen atoms in total. The van der Waals surface area contributed by atoms with Gasteiger partial charge in [-0.05, 0) is 18.3 Å². The van der Waals surface area contributed by atoms with Gasteiger partial charge >= 0.3 is 17.9 Å². The van der Waals surface area contributed by atoms with Gasteiger partial charge < -0.3 is 18.9 Å². The van der Waals surface area contributed by atoms with Crippen LogP contribution in [-0.2, 0) is 28.5 Å². The molecule has 5 unspecified atom stereocenters. The first kappa shape index (κ1) is 19.5. The molecule has 0 aromatic heterocycles. The summed E-state index contributed by atoms with van der Waals surface area (Å²) < 4.78 is 49.3. The standard InChI is InChI=1S/C18H26F2O6/c1-10(21)23-8-11-9-24-18(26-11)13(25-14(22)17(5,19)20)12-6-7-16(18,4)15(12,2)3/h11-13H,6-9H2,1-5H3. The first-order chi connectivity index (χ1) is 11.8. The molecule has 0 radical (unpaired) electrons. The molecule has 2 bridgehead atoms. The second-order valence-electron chi connectivity index (χ2n) is 8.43. The molecule has 0 aromatic rings. The summed E-state index contributed by atoms with van der Waals surface area (Å²) in [5.74, 6) is -7.09. The molecule has 0 aromatic carbocycles. The number of hydrogen-bond acceptors (Lipinski definition) is 6. The van der Waals surface area contributed by atoms with Crippen molar-refractivity contribution in [2.45, 2.75) is 71.4 Å². The Balaban J connectivity index is 1.90. The molecule has 1 heterocycles. The Labute approximate surface area is 151 Å². The minimum atomic E-state index is -3.59. The van der Waals surface area contributed by atoms with E-state index in [1.54, 1.807) is 0 Å². The van der Waals surface area contributed by atoms with Crippen molar-refractivity contribution in [3.8, 4) is 0 Å². The summed E-state index contributed by atoms with van der Waals surface area (Å²) in [6.45, 7) is 7.99. The number of ether oxygens (including phenoxy) is 4. The third-order valence-electron chi connectivity index (χ3n) is 6.70. The van der Waals surface area contributed by atoms with Crippen LogP contribution in [0.3, 0.4) is 0 Å². The highest BCUT2D eigenvalue weighted by Crippen LogP contribution is 2.72. The van der Waals surface area contributed by atoms with Crippen LogP contribution in [0.15, 0.2) is 0 Å². The monoisotopic (exact) mass is 376 g/mol. The van der Waals surface area contributed by atoms with Gasteiger partial charge in [0.1, 0.15) is 12.7 Å². The third-order valence-corrected chi connectivity index (χ3v) is 6.70. The van der Waals surface area contributed by atoms with E-state index >= 15 is 0 Å². The number of carbonyl (C=O) groups is 2. The molecule has 1 aliphatic heterocycles. The quantitative estimate of drug-likeness (QED) is 0.703. The lowest BCUT2D eigenvalue weighted by atomic mass is 9.68. The Morgan fingerprint density at radius 2 is 1.92 bits per heavy atom. The van der Waals surface area contributed by atoms with Crippen LogP contribution in [0.1, 0.15) is 47.5 Å². The molecule has 2 saturated carbocycles. The van der Waals surface area contributed by atoms with Crippen LogP contribution < -0.4 is 0 Å². The fourth-order valence-corrected chi connectivity index (χ4v) is 4.91. The number of hydrogen-bond donors (Lipinski definition) is 0. The van der Waals surface area contributed by atoms with Gasteiger partial charge in [-0.3, -0.25) is 4.79 Å². The first-order valence-corrected chi connectivity index (χ1v) is 8.89. The molecule has 1 spiro atoms. The van der Waals surface area contributed by atoms with Crippen molar-refractivity contribution in [1.29, 1.82) is 0 Å². The largest absolute Gasteiger partial charge is 0.463 e. The Morgan fingerprint density at radius 3 is 2.50 bits per heavy atom. The lowest BCUT2D eigenvalue weighted by molar-refractivity contribution is -0.292. The SMILES string of the molecule is CC(=O)OCC1COC2(O1)C(OC(=O)C(C)(F)F)C1CCC2(C)C1(C)C. The van der Waals surface area contributed by atoms with Gasteiger partial charge in [0.15, 0.2) is 6.10 Å². The average molecular weight is 376 g/mol. The van der Waals surface area contributed by atoms with Crippen molar-refractivity contribution in [3.05, 3.63) is 0 Å². The highest BCUT2D eigenvalue weighted by Gasteiger charge is 2.79. The van der Waals surface area contributed by atoms with Crippen molar-refractivity contribution in [1.82, 2.24) is 0 Å². The van der Waals surface area contributed by atoms with E-state index in [1.807, 2.05) is 20.8 Å². The number of rotatable bonds is 4. The summed E-state index contributed by atoms with van der Waals surface area (Å²) in [5.41, 5.74) is -0.860. The summed E-state index contributed by atoms with van der Waals surface area (Å²) in [6, 6.07) is 0. The van der Waals surface area contributed by atoms with Crippen LogP contribution in [0.5, 0.6) is 0 Å². The van der Waals surface area contributed by atoms with Gasteiger partial charge in [0.2, 0.25) is 5.79 Å². The van der Waals surface area contributed by atoms with Crippen LogP contribution in [0, 0.1) is 16.7 Å². The summed E-state index contributed by atoms with van der Waals surface area (Å²) >= 11 is 0. The van der Waals surface area contributed by atoms with Crippen molar-refractivity contribution >= 4 is 11.9 Å². The molecular formula is C18H26F2O6. The molecule has 148 valence electrons. The summed E-state index contributed by atoms with van der Waals surface area (Å²) in [4.78, 5) is 23.0. The van der Waals surface area contributed by atoms with E-state index in [9.17, 15) is 18.4 Å². The predicted octanol–water partition coefficient (Wildman–Crippen LogP) is 2.68. The molecule has 0 amide bonds. The minimum Gasteiger partial charge on any atom is -0.463 e. The first-order valence-electron chi connectivity index (χ1n) is 8.89. The summed E-state index contributed by atoms with van der Waals surface area (Å²) in [7, 11) is 0. The number of fused-ring (bicyclic) bond motifs is 3. The number of alkyl halides is 2. The molecule has 3 fully saturated rings. The molecule has 8 heteroatoms. The lowest BCUT2D eigenvalue weighted by Crippen LogP contribution is -2.57. The maximum absolute atomic E-state index is 13.4. The normalized spacial score (nSPS) is 40.8. The highest BCUT2D eigenvalue weighted by atomic mass is 19.3. The lowest BCUT2D eigenvalue weighted by Gasteiger charge is -2.46. The van der Waals surface area contributed by atoms with Gasteiger partial charge in [0.05, 0.1) is 6.61 Å². The van der Waals surface area contributed by atoms with Crippen LogP contribution in [0.4, 0.5) is 8.78 Å². The van der Waals surface area contributed by atoms with Crippen molar-refractivity contribution in [3.63, 3.8) is 0 Å². The second-order valence-corrected chi connectivity index (χ2v) is 8.43. The fourth-order valence-electron chi connectivity index (χ4n) is 4.91. The Hall–Kier alpha value is -1.28. The molecule has 3 aliphatic rings. The van der Waals surface area contributed by atoms with Crippen LogP contribution in [0.25, 0.3) is 0 Å². The van der Waals surface area contributed by atoms with Crippen molar-refractivity contribution in [2.24, 2.45) is 16.7 Å². The zero-order valence-corrected chi connectivity index (χ0v) is 15.8. The van der Waals surface area contributed by atoms with E-state index < -0.39 is 41.3 Å². The summed E-state index contributed by atoms with van der Waals surface area (Å²) in [5, 5.41) is 0. The predicted molar refractivity (Wildman–Crippen MR) is 85.3 cm³/mol. The molecule has 26 heavy (non-hydrogen) atoms. The minimum absolute atomic E-state index is 0.00284. The average Bonchev–Trinajstić information content (AvgIpc) is 3.07. The highest BCUT2D eigenvalue weighted by molar-refractivity contribution is 5.77. The molecule has 5 atom stereocenters. The third kappa shape index (κ3) is 2.56. The Kier molecular flexibility index (Phi) is 4.39. The van der Waals surface area contributed by atoms with E-state index in [-0.39, 0.29) is 24.5 Å². The fraction of sp³-hybridized carbons (Fsp3) is 0.889. The number of halogens is 2. The Bertz CT molecular complexity index is 615. The smallest absolute Gasteiger partial charge is 0.377 e. The van der Waals surface area contributed by atoms with E-state index in [1.165, 1.54) is 6.92 Å². The van der Waals surface area contributed by atoms with Crippen molar-refractivity contribution < 1.29 is 37.3 Å². The molecule has 0 N–H and O–H groups in total. The van der Waals surface area contributed by atoms with Gasteiger partial charge in [0, 0.05) is 25.2 Å². The molecule has 3 rings (SSSR count). The summed E-state index contributed by atoms with van der Waals surface area (Å²) in [6.07, 6.45) is 0.0348. The van der Waals surface area contributed by atoms with Crippen molar-refractivity contribution in [2.75, 3.05) is 13.2 Å². The van der Waals surface area contributed by atoms with Gasteiger partial charge in [-0.1, -0.05) is 20.8 Å². The van der Waals surface area contributed by atoms with Gasteiger partial charge in [-0.25, -0.2) is 4.79 Å². The number of carbonyl (C=O) groups excluding carboxylic acids is 2. The van der Waals surface area contributed by atoms with E-state index in [0.29, 0.717) is 6.92 Å². The van der Waals surface area contributed by atoms with Crippen LogP contribution >= 0.6 is 0 Å². The van der Waals surface area contributed by atoms with Gasteiger partial charge in [0.25, 0.3) is 0 Å². The van der Waals surface area contributed by atoms with E-state index in [0.717, 1.165) is 12.8 Å². The number of esters is 2. The zero-order chi connectivity index (χ0) is 19.5. The van der Waals surface area contributed by atoms with Crippen LogP contribution in [-0.4, -0.2) is 49.1 Å².